The van der Waals surface area contributed by atoms with Crippen molar-refractivity contribution in [1.82, 2.24) is 4.31 Å². The number of aryl methyl sites for hydroxylation is 1. The monoisotopic (exact) mass is 308 g/mol. The third-order valence-corrected chi connectivity index (χ3v) is 6.63. The zero-order chi connectivity index (χ0) is 15.1. The van der Waals surface area contributed by atoms with Gasteiger partial charge in [0.15, 0.2) is 0 Å². The van der Waals surface area contributed by atoms with Crippen molar-refractivity contribution >= 4 is 15.7 Å². The summed E-state index contributed by atoms with van der Waals surface area (Å²) in [5, 5.41) is 3.31. The fourth-order valence-corrected chi connectivity index (χ4v) is 4.55. The van der Waals surface area contributed by atoms with Crippen LogP contribution in [0.4, 0.5) is 5.69 Å². The number of hydrogen-bond donors (Lipinski definition) is 1. The van der Waals surface area contributed by atoms with Gasteiger partial charge in [0.1, 0.15) is 0 Å². The van der Waals surface area contributed by atoms with Gasteiger partial charge in [-0.15, -0.1) is 0 Å². The molecular formula is C16H24N2O2S. The smallest absolute Gasteiger partial charge is 0.243 e. The Morgan fingerprint density at radius 3 is 2.62 bits per heavy atom. The summed E-state index contributed by atoms with van der Waals surface area (Å²) in [4.78, 5) is 0.426. The minimum Gasteiger partial charge on any atom is -0.385 e. The minimum absolute atomic E-state index is 0.253. The van der Waals surface area contributed by atoms with Crippen LogP contribution >= 0.6 is 0 Å². The zero-order valence-electron chi connectivity index (χ0n) is 12.9. The van der Waals surface area contributed by atoms with Crippen molar-refractivity contribution < 1.29 is 8.42 Å². The first-order chi connectivity index (χ1) is 9.88. The number of sulfonamides is 1. The normalized spacial score (nSPS) is 22.4. The molecule has 0 spiro atoms. The molecule has 0 unspecified atom stereocenters. The third kappa shape index (κ3) is 2.94. The first-order valence-corrected chi connectivity index (χ1v) is 9.19. The summed E-state index contributed by atoms with van der Waals surface area (Å²) in [6.45, 7) is 6.59. The summed E-state index contributed by atoms with van der Waals surface area (Å²) in [5.41, 5.74) is 2.46. The molecule has 2 aliphatic heterocycles. The Balaban J connectivity index is 1.85. The molecule has 2 aliphatic rings. The highest BCUT2D eigenvalue weighted by atomic mass is 32.2. The van der Waals surface area contributed by atoms with E-state index in [1.807, 2.05) is 12.1 Å². The summed E-state index contributed by atoms with van der Waals surface area (Å²) < 4.78 is 27.2. The van der Waals surface area contributed by atoms with Gasteiger partial charge in [0.2, 0.25) is 10.0 Å². The zero-order valence-corrected chi connectivity index (χ0v) is 13.7. The van der Waals surface area contributed by atoms with Gasteiger partial charge in [-0.3, -0.25) is 0 Å². The first kappa shape index (κ1) is 14.9. The quantitative estimate of drug-likeness (QED) is 0.914. The highest BCUT2D eigenvalue weighted by molar-refractivity contribution is 7.89. The Bertz CT molecular complexity index is 628. The molecule has 0 atom stereocenters. The topological polar surface area (TPSA) is 49.4 Å². The third-order valence-electron chi connectivity index (χ3n) is 4.73. The number of hydrogen-bond acceptors (Lipinski definition) is 3. The summed E-state index contributed by atoms with van der Waals surface area (Å²) in [6.07, 6.45) is 3.99. The first-order valence-electron chi connectivity index (χ1n) is 7.75. The van der Waals surface area contributed by atoms with Crippen molar-refractivity contribution in [2.24, 2.45) is 5.41 Å². The second-order valence-electron chi connectivity index (χ2n) is 6.92. The van der Waals surface area contributed by atoms with E-state index in [1.54, 1.807) is 10.4 Å². The summed E-state index contributed by atoms with van der Waals surface area (Å²) in [6, 6.07) is 5.53. The molecule has 1 N–H and O–H groups in total. The average Bonchev–Trinajstić information content (AvgIpc) is 2.46. The Morgan fingerprint density at radius 2 is 1.90 bits per heavy atom. The molecule has 0 aliphatic carbocycles. The van der Waals surface area contributed by atoms with E-state index in [4.69, 9.17) is 0 Å². The maximum absolute atomic E-state index is 12.8. The van der Waals surface area contributed by atoms with Crippen LogP contribution in [0.1, 0.15) is 38.7 Å². The molecule has 21 heavy (non-hydrogen) atoms. The second-order valence-corrected chi connectivity index (χ2v) is 8.86. The molecule has 116 valence electrons. The minimum atomic E-state index is -3.35. The summed E-state index contributed by atoms with van der Waals surface area (Å²) in [5.74, 6) is 0. The van der Waals surface area contributed by atoms with Gasteiger partial charge in [0.25, 0.3) is 0 Å². The van der Waals surface area contributed by atoms with Crippen LogP contribution in [0, 0.1) is 5.41 Å². The fourth-order valence-electron chi connectivity index (χ4n) is 3.08. The number of fused-ring (bicyclic) bond motifs is 1. The molecule has 2 heterocycles. The van der Waals surface area contributed by atoms with Crippen LogP contribution in [0.15, 0.2) is 23.1 Å². The van der Waals surface area contributed by atoms with Gasteiger partial charge >= 0.3 is 0 Å². The Hall–Kier alpha value is -1.07. The Kier molecular flexibility index (Phi) is 3.74. The van der Waals surface area contributed by atoms with Crippen LogP contribution in [0.5, 0.6) is 0 Å². The van der Waals surface area contributed by atoms with Crippen LogP contribution in [-0.2, 0) is 16.4 Å². The van der Waals surface area contributed by atoms with Crippen molar-refractivity contribution in [1.29, 1.82) is 0 Å². The molecule has 1 aromatic carbocycles. The van der Waals surface area contributed by atoms with E-state index in [2.05, 4.69) is 19.2 Å². The number of benzene rings is 1. The van der Waals surface area contributed by atoms with Crippen molar-refractivity contribution in [2.45, 2.75) is 44.4 Å². The fraction of sp³-hybridized carbons (Fsp3) is 0.625. The van der Waals surface area contributed by atoms with Crippen molar-refractivity contribution in [2.75, 3.05) is 25.0 Å². The number of piperidine rings is 1. The number of rotatable bonds is 2. The van der Waals surface area contributed by atoms with Crippen molar-refractivity contribution in [3.8, 4) is 0 Å². The predicted octanol–water partition coefficient (Wildman–Crippen LogP) is 2.86. The van der Waals surface area contributed by atoms with Crippen LogP contribution < -0.4 is 5.32 Å². The molecule has 5 heteroatoms. The van der Waals surface area contributed by atoms with Crippen LogP contribution in [0.2, 0.25) is 0 Å². The van der Waals surface area contributed by atoms with E-state index in [0.717, 1.165) is 37.9 Å². The molecule has 1 saturated heterocycles. The van der Waals surface area contributed by atoms with Crippen LogP contribution in [0.3, 0.4) is 0 Å². The van der Waals surface area contributed by atoms with Gasteiger partial charge in [-0.2, -0.15) is 4.31 Å². The van der Waals surface area contributed by atoms with Crippen LogP contribution in [0.25, 0.3) is 0 Å². The largest absolute Gasteiger partial charge is 0.385 e. The van der Waals surface area contributed by atoms with Crippen molar-refractivity contribution in [3.63, 3.8) is 0 Å². The van der Waals surface area contributed by atoms with E-state index in [0.29, 0.717) is 18.0 Å². The second kappa shape index (κ2) is 5.29. The van der Waals surface area contributed by atoms with E-state index in [-0.39, 0.29) is 5.41 Å². The number of anilines is 1. The number of nitrogens with one attached hydrogen (secondary N) is 1. The van der Waals surface area contributed by atoms with Crippen molar-refractivity contribution in [3.05, 3.63) is 23.8 Å². The van der Waals surface area contributed by atoms with E-state index < -0.39 is 10.0 Å². The van der Waals surface area contributed by atoms with Crippen LogP contribution in [-0.4, -0.2) is 32.4 Å². The van der Waals surface area contributed by atoms with E-state index >= 15 is 0 Å². The maximum Gasteiger partial charge on any atom is 0.243 e. The summed E-state index contributed by atoms with van der Waals surface area (Å²) in [7, 11) is -3.35. The lowest BCUT2D eigenvalue weighted by Gasteiger charge is -2.36. The molecule has 0 bridgehead atoms. The lowest BCUT2D eigenvalue weighted by Crippen LogP contribution is -2.41. The van der Waals surface area contributed by atoms with Gasteiger partial charge in [-0.1, -0.05) is 19.9 Å². The highest BCUT2D eigenvalue weighted by Crippen LogP contribution is 2.33. The molecule has 1 fully saturated rings. The lowest BCUT2D eigenvalue weighted by atomic mass is 9.83. The molecule has 3 rings (SSSR count). The summed E-state index contributed by atoms with van der Waals surface area (Å²) >= 11 is 0. The van der Waals surface area contributed by atoms with Gasteiger partial charge in [0.05, 0.1) is 4.90 Å². The Labute approximate surface area is 127 Å². The molecule has 0 aromatic heterocycles. The van der Waals surface area contributed by atoms with E-state index in [1.165, 1.54) is 5.56 Å². The molecule has 4 nitrogen and oxygen atoms in total. The van der Waals surface area contributed by atoms with Gasteiger partial charge in [-0.25, -0.2) is 8.42 Å². The van der Waals surface area contributed by atoms with Gasteiger partial charge in [0, 0.05) is 25.3 Å². The van der Waals surface area contributed by atoms with Gasteiger partial charge < -0.3 is 5.32 Å². The molecule has 0 amide bonds. The van der Waals surface area contributed by atoms with Gasteiger partial charge in [-0.05, 0) is 48.8 Å². The lowest BCUT2D eigenvalue weighted by molar-refractivity contribution is 0.196. The maximum atomic E-state index is 12.8. The molecule has 1 aromatic rings. The number of nitrogens with zero attached hydrogens (tertiary/aromatic N) is 1. The highest BCUT2D eigenvalue weighted by Gasteiger charge is 2.33. The van der Waals surface area contributed by atoms with E-state index in [9.17, 15) is 8.42 Å². The molecule has 0 saturated carbocycles. The molecular weight excluding hydrogens is 284 g/mol. The average molecular weight is 308 g/mol. The molecule has 0 radical (unpaired) electrons. The predicted molar refractivity (Wildman–Crippen MR) is 85.0 cm³/mol. The standard InChI is InChI=1S/C16H24N2O2S/c1-16(2)7-10-18(11-8-16)21(19,20)14-6-5-13-4-3-9-17-15(13)12-14/h5-6,12,17H,3-4,7-11H2,1-2H3. The SMILES string of the molecule is CC1(C)CCN(S(=O)(=O)c2ccc3c(c2)NCCC3)CC1. The Morgan fingerprint density at radius 1 is 1.19 bits per heavy atom.